The number of benzene rings is 1. The van der Waals surface area contributed by atoms with Crippen LogP contribution >= 0.6 is 15.9 Å². The zero-order valence-corrected chi connectivity index (χ0v) is 10.8. The summed E-state index contributed by atoms with van der Waals surface area (Å²) in [4.78, 5) is 11.6. The average molecular weight is 288 g/mol. The third-order valence-electron chi connectivity index (χ3n) is 2.25. The van der Waals surface area contributed by atoms with E-state index in [0.29, 0.717) is 23.0 Å². The predicted molar refractivity (Wildman–Crippen MR) is 66.0 cm³/mol. The lowest BCUT2D eigenvalue weighted by Gasteiger charge is -2.05. The molecule has 16 heavy (non-hydrogen) atoms. The molecule has 0 heterocycles. The largest absolute Gasteiger partial charge is 0.317 e. The number of hydrogen-bond donors (Lipinski definition) is 1. The first kappa shape index (κ1) is 13.3. The van der Waals surface area contributed by atoms with Crippen LogP contribution in [-0.4, -0.2) is 18.9 Å². The summed E-state index contributed by atoms with van der Waals surface area (Å²) >= 11 is 3.15. The minimum Gasteiger partial charge on any atom is -0.317 e. The SMILES string of the molecule is CCNCCC(=O)Cc1cccc(F)c1Br. The van der Waals surface area contributed by atoms with Crippen LogP contribution in [0.4, 0.5) is 4.39 Å². The third kappa shape index (κ3) is 4.02. The van der Waals surface area contributed by atoms with Gasteiger partial charge in [-0.25, -0.2) is 4.39 Å². The summed E-state index contributed by atoms with van der Waals surface area (Å²) in [7, 11) is 0. The van der Waals surface area contributed by atoms with Gasteiger partial charge in [0.25, 0.3) is 0 Å². The fourth-order valence-electron chi connectivity index (χ4n) is 1.39. The summed E-state index contributed by atoms with van der Waals surface area (Å²) in [6.45, 7) is 3.53. The van der Waals surface area contributed by atoms with Crippen LogP contribution in [0.2, 0.25) is 0 Å². The highest BCUT2D eigenvalue weighted by atomic mass is 79.9. The van der Waals surface area contributed by atoms with Gasteiger partial charge in [0.1, 0.15) is 11.6 Å². The first-order chi connectivity index (χ1) is 7.65. The van der Waals surface area contributed by atoms with E-state index in [0.717, 1.165) is 6.54 Å². The van der Waals surface area contributed by atoms with Crippen molar-refractivity contribution >= 4 is 21.7 Å². The predicted octanol–water partition coefficient (Wildman–Crippen LogP) is 2.70. The minimum atomic E-state index is -0.322. The number of carbonyl (C=O) groups excluding carboxylic acids is 1. The molecule has 0 saturated heterocycles. The van der Waals surface area contributed by atoms with Crippen LogP contribution in [0, 0.1) is 5.82 Å². The smallest absolute Gasteiger partial charge is 0.138 e. The molecule has 1 rings (SSSR count). The standard InChI is InChI=1S/C12H15BrFNO/c1-2-15-7-6-10(16)8-9-4-3-5-11(14)12(9)13/h3-5,15H,2,6-8H2,1H3. The lowest BCUT2D eigenvalue weighted by Crippen LogP contribution is -2.18. The molecule has 0 amide bonds. The van der Waals surface area contributed by atoms with E-state index in [1.54, 1.807) is 12.1 Å². The van der Waals surface area contributed by atoms with Crippen LogP contribution in [0.3, 0.4) is 0 Å². The molecule has 0 aliphatic heterocycles. The Kier molecular flexibility index (Phi) is 5.63. The van der Waals surface area contributed by atoms with Gasteiger partial charge in [0.2, 0.25) is 0 Å². The van der Waals surface area contributed by atoms with Gasteiger partial charge in [-0.2, -0.15) is 0 Å². The van der Waals surface area contributed by atoms with Gasteiger partial charge in [-0.1, -0.05) is 19.1 Å². The molecule has 0 spiro atoms. The zero-order chi connectivity index (χ0) is 12.0. The molecular formula is C12H15BrFNO. The maximum atomic E-state index is 13.2. The molecule has 0 fully saturated rings. The second-order valence-electron chi connectivity index (χ2n) is 3.53. The zero-order valence-electron chi connectivity index (χ0n) is 9.22. The molecule has 4 heteroatoms. The van der Waals surface area contributed by atoms with E-state index in [2.05, 4.69) is 21.2 Å². The van der Waals surface area contributed by atoms with Crippen molar-refractivity contribution in [3.05, 3.63) is 34.1 Å². The first-order valence-corrected chi connectivity index (χ1v) is 6.09. The van der Waals surface area contributed by atoms with E-state index >= 15 is 0 Å². The molecule has 0 bridgehead atoms. The number of nitrogens with one attached hydrogen (secondary N) is 1. The van der Waals surface area contributed by atoms with Gasteiger partial charge in [-0.05, 0) is 34.1 Å². The van der Waals surface area contributed by atoms with Crippen molar-refractivity contribution in [2.75, 3.05) is 13.1 Å². The Hall–Kier alpha value is -0.740. The highest BCUT2D eigenvalue weighted by molar-refractivity contribution is 9.10. The number of halogens is 2. The molecule has 0 saturated carbocycles. The quantitative estimate of drug-likeness (QED) is 0.815. The normalized spacial score (nSPS) is 10.4. The second-order valence-corrected chi connectivity index (χ2v) is 4.32. The molecule has 0 aliphatic rings. The van der Waals surface area contributed by atoms with Gasteiger partial charge in [0.05, 0.1) is 4.47 Å². The van der Waals surface area contributed by atoms with Crippen molar-refractivity contribution < 1.29 is 9.18 Å². The van der Waals surface area contributed by atoms with Crippen molar-refractivity contribution in [2.24, 2.45) is 0 Å². The lowest BCUT2D eigenvalue weighted by atomic mass is 10.1. The third-order valence-corrected chi connectivity index (χ3v) is 3.14. The molecule has 2 nitrogen and oxygen atoms in total. The summed E-state index contributed by atoms with van der Waals surface area (Å²) < 4.78 is 13.6. The number of rotatable bonds is 6. The van der Waals surface area contributed by atoms with E-state index in [-0.39, 0.29) is 18.0 Å². The molecule has 0 unspecified atom stereocenters. The van der Waals surface area contributed by atoms with Crippen LogP contribution in [0.5, 0.6) is 0 Å². The average Bonchev–Trinajstić information content (AvgIpc) is 2.25. The Morgan fingerprint density at radius 1 is 1.50 bits per heavy atom. The molecule has 0 radical (unpaired) electrons. The maximum absolute atomic E-state index is 13.2. The summed E-state index contributed by atoms with van der Waals surface area (Å²) in [6, 6.07) is 4.75. The molecule has 1 N–H and O–H groups in total. The number of ketones is 1. The minimum absolute atomic E-state index is 0.118. The Morgan fingerprint density at radius 2 is 2.25 bits per heavy atom. The van der Waals surface area contributed by atoms with Gasteiger partial charge >= 0.3 is 0 Å². The van der Waals surface area contributed by atoms with Crippen molar-refractivity contribution in [3.63, 3.8) is 0 Å². The Labute approximate surface area is 103 Å². The first-order valence-electron chi connectivity index (χ1n) is 5.30. The van der Waals surface area contributed by atoms with Crippen molar-refractivity contribution in [3.8, 4) is 0 Å². The molecule has 0 atom stereocenters. The number of hydrogen-bond acceptors (Lipinski definition) is 2. The van der Waals surface area contributed by atoms with Crippen LogP contribution in [0.25, 0.3) is 0 Å². The van der Waals surface area contributed by atoms with E-state index in [4.69, 9.17) is 0 Å². The van der Waals surface area contributed by atoms with E-state index in [1.807, 2.05) is 6.92 Å². The fraction of sp³-hybridized carbons (Fsp3) is 0.417. The van der Waals surface area contributed by atoms with Gasteiger partial charge in [0, 0.05) is 19.4 Å². The monoisotopic (exact) mass is 287 g/mol. The summed E-state index contributed by atoms with van der Waals surface area (Å²) in [5, 5.41) is 3.08. The molecule has 1 aromatic carbocycles. The number of carbonyl (C=O) groups is 1. The van der Waals surface area contributed by atoms with E-state index < -0.39 is 0 Å². The molecule has 0 aliphatic carbocycles. The Morgan fingerprint density at radius 3 is 2.94 bits per heavy atom. The molecule has 0 aromatic heterocycles. The molecule has 1 aromatic rings. The van der Waals surface area contributed by atoms with Crippen LogP contribution in [-0.2, 0) is 11.2 Å². The fourth-order valence-corrected chi connectivity index (χ4v) is 1.79. The number of Topliss-reactive ketones (excluding diaryl/α,β-unsaturated/α-hetero) is 1. The summed E-state index contributed by atoms with van der Waals surface area (Å²) in [5.41, 5.74) is 0.710. The van der Waals surface area contributed by atoms with E-state index in [1.165, 1.54) is 6.07 Å². The van der Waals surface area contributed by atoms with Gasteiger partial charge < -0.3 is 5.32 Å². The topological polar surface area (TPSA) is 29.1 Å². The lowest BCUT2D eigenvalue weighted by molar-refractivity contribution is -0.118. The van der Waals surface area contributed by atoms with Gasteiger partial charge in [-0.3, -0.25) is 4.79 Å². The van der Waals surface area contributed by atoms with Gasteiger partial charge in [-0.15, -0.1) is 0 Å². The highest BCUT2D eigenvalue weighted by Gasteiger charge is 2.09. The second kappa shape index (κ2) is 6.76. The van der Waals surface area contributed by atoms with Crippen LogP contribution in [0.1, 0.15) is 18.9 Å². The van der Waals surface area contributed by atoms with Crippen molar-refractivity contribution in [2.45, 2.75) is 19.8 Å². The highest BCUT2D eigenvalue weighted by Crippen LogP contribution is 2.21. The van der Waals surface area contributed by atoms with E-state index in [9.17, 15) is 9.18 Å². The summed E-state index contributed by atoms with van der Waals surface area (Å²) in [6.07, 6.45) is 0.764. The van der Waals surface area contributed by atoms with Crippen molar-refractivity contribution in [1.82, 2.24) is 5.32 Å². The van der Waals surface area contributed by atoms with Gasteiger partial charge in [0.15, 0.2) is 0 Å². The Bertz CT molecular complexity index is 368. The van der Waals surface area contributed by atoms with Crippen LogP contribution < -0.4 is 5.32 Å². The maximum Gasteiger partial charge on any atom is 0.138 e. The molecule has 88 valence electrons. The van der Waals surface area contributed by atoms with Crippen molar-refractivity contribution in [1.29, 1.82) is 0 Å². The van der Waals surface area contributed by atoms with Crippen LogP contribution in [0.15, 0.2) is 22.7 Å². The molecular weight excluding hydrogens is 273 g/mol. The Balaban J connectivity index is 2.53. The summed E-state index contributed by atoms with van der Waals surface area (Å²) in [5.74, 6) is -0.204.